The third-order valence-electron chi connectivity index (χ3n) is 4.77. The highest BCUT2D eigenvalue weighted by Crippen LogP contribution is 2.30. The van der Waals surface area contributed by atoms with Gasteiger partial charge in [0.2, 0.25) is 17.6 Å². The molecule has 0 bridgehead atoms. The molecule has 0 radical (unpaired) electrons. The first-order valence-corrected chi connectivity index (χ1v) is 9.63. The number of carbonyl (C=O) groups is 1. The normalized spacial score (nSPS) is 13.7. The third-order valence-corrected chi connectivity index (χ3v) is 5.50. The summed E-state index contributed by atoms with van der Waals surface area (Å²) in [6, 6.07) is 2.08. The van der Waals surface area contributed by atoms with Gasteiger partial charge in [0.1, 0.15) is 0 Å². The van der Waals surface area contributed by atoms with Crippen LogP contribution in [0.1, 0.15) is 34.7 Å². The summed E-state index contributed by atoms with van der Waals surface area (Å²) in [7, 11) is 0. The predicted octanol–water partition coefficient (Wildman–Crippen LogP) is 3.33. The molecule has 0 saturated heterocycles. The van der Waals surface area contributed by atoms with Gasteiger partial charge >= 0.3 is 0 Å². The molecular formula is C19H20N4O2S. The average molecular weight is 368 g/mol. The van der Waals surface area contributed by atoms with E-state index in [1.165, 1.54) is 11.1 Å². The van der Waals surface area contributed by atoms with Gasteiger partial charge in [-0.15, -0.1) is 0 Å². The van der Waals surface area contributed by atoms with Crippen LogP contribution in [0.4, 0.5) is 0 Å². The first-order chi connectivity index (χ1) is 12.6. The molecule has 3 aromatic heterocycles. The van der Waals surface area contributed by atoms with Crippen LogP contribution in [0.5, 0.6) is 0 Å². The second-order valence-corrected chi connectivity index (χ2v) is 7.34. The minimum atomic E-state index is 0.194. The van der Waals surface area contributed by atoms with Gasteiger partial charge in [0, 0.05) is 43.9 Å². The number of thiophene rings is 1. The fourth-order valence-corrected chi connectivity index (χ4v) is 4.11. The predicted molar refractivity (Wildman–Crippen MR) is 98.8 cm³/mol. The number of aromatic nitrogens is 3. The van der Waals surface area contributed by atoms with Crippen LogP contribution < -0.4 is 0 Å². The Labute approximate surface area is 155 Å². The van der Waals surface area contributed by atoms with Gasteiger partial charge in [0.25, 0.3) is 0 Å². The van der Waals surface area contributed by atoms with Gasteiger partial charge in [0.15, 0.2) is 0 Å². The van der Waals surface area contributed by atoms with E-state index in [1.807, 2.05) is 23.4 Å². The van der Waals surface area contributed by atoms with E-state index < -0.39 is 0 Å². The summed E-state index contributed by atoms with van der Waals surface area (Å²) >= 11 is 1.67. The molecule has 3 aromatic rings. The smallest absolute Gasteiger partial charge is 0.223 e. The highest BCUT2D eigenvalue weighted by molar-refractivity contribution is 7.07. The van der Waals surface area contributed by atoms with Gasteiger partial charge in [-0.25, -0.2) is 0 Å². The van der Waals surface area contributed by atoms with Gasteiger partial charge in [-0.3, -0.25) is 9.78 Å². The SMILES string of the molecule is Cc1nc(-c2c(C)ncc3c2CCN(C(=O)CCc2ccsc2)C3)no1. The molecule has 7 heteroatoms. The topological polar surface area (TPSA) is 72.1 Å². The van der Waals surface area contributed by atoms with Gasteiger partial charge in [-0.2, -0.15) is 16.3 Å². The van der Waals surface area contributed by atoms with Crippen LogP contribution in [0.15, 0.2) is 27.5 Å². The van der Waals surface area contributed by atoms with E-state index in [0.717, 1.165) is 29.7 Å². The van der Waals surface area contributed by atoms with Crippen molar-refractivity contribution in [2.24, 2.45) is 0 Å². The van der Waals surface area contributed by atoms with Crippen LogP contribution in [-0.4, -0.2) is 32.5 Å². The molecule has 4 rings (SSSR count). The van der Waals surface area contributed by atoms with E-state index in [2.05, 4.69) is 26.6 Å². The first kappa shape index (κ1) is 16.9. The molecule has 6 nitrogen and oxygen atoms in total. The van der Waals surface area contributed by atoms with Crippen LogP contribution in [0.2, 0.25) is 0 Å². The number of rotatable bonds is 4. The zero-order valence-electron chi connectivity index (χ0n) is 14.9. The second kappa shape index (κ2) is 6.99. The van der Waals surface area contributed by atoms with Crippen molar-refractivity contribution >= 4 is 17.2 Å². The molecule has 0 spiro atoms. The molecular weight excluding hydrogens is 348 g/mol. The number of hydrogen-bond donors (Lipinski definition) is 0. The minimum absolute atomic E-state index is 0.194. The molecule has 1 amide bonds. The molecule has 134 valence electrons. The lowest BCUT2D eigenvalue weighted by Crippen LogP contribution is -2.36. The molecule has 1 aliphatic rings. The Bertz CT molecular complexity index is 933. The molecule has 0 atom stereocenters. The number of hydrogen-bond acceptors (Lipinski definition) is 6. The van der Waals surface area contributed by atoms with Crippen LogP contribution in [0.3, 0.4) is 0 Å². The summed E-state index contributed by atoms with van der Waals surface area (Å²) in [5.74, 6) is 1.32. The lowest BCUT2D eigenvalue weighted by molar-refractivity contribution is -0.132. The van der Waals surface area contributed by atoms with E-state index in [1.54, 1.807) is 18.3 Å². The summed E-state index contributed by atoms with van der Waals surface area (Å²) in [6.45, 7) is 5.04. The van der Waals surface area contributed by atoms with Crippen molar-refractivity contribution in [3.05, 3.63) is 51.3 Å². The quantitative estimate of drug-likeness (QED) is 0.706. The zero-order chi connectivity index (χ0) is 18.1. The van der Waals surface area contributed by atoms with Crippen LogP contribution >= 0.6 is 11.3 Å². The zero-order valence-corrected chi connectivity index (χ0v) is 15.7. The Morgan fingerprint density at radius 2 is 2.27 bits per heavy atom. The Morgan fingerprint density at radius 3 is 3.00 bits per heavy atom. The molecule has 0 aliphatic carbocycles. The summed E-state index contributed by atoms with van der Waals surface area (Å²) in [4.78, 5) is 23.4. The number of nitrogens with zero attached hydrogens (tertiary/aromatic N) is 4. The standard InChI is InChI=1S/C19H20N4O2S/c1-12-18(19-21-13(2)25-22-19)16-5-7-23(10-15(16)9-20-12)17(24)4-3-14-6-8-26-11-14/h6,8-9,11H,3-5,7,10H2,1-2H3. The summed E-state index contributed by atoms with van der Waals surface area (Å²) < 4.78 is 5.14. The Kier molecular flexibility index (Phi) is 4.55. The monoisotopic (exact) mass is 368 g/mol. The number of carbonyl (C=O) groups excluding carboxylic acids is 1. The largest absolute Gasteiger partial charge is 0.339 e. The molecule has 0 unspecified atom stereocenters. The van der Waals surface area contributed by atoms with Gasteiger partial charge in [-0.05, 0) is 53.3 Å². The lowest BCUT2D eigenvalue weighted by Gasteiger charge is -2.30. The van der Waals surface area contributed by atoms with E-state index in [-0.39, 0.29) is 5.91 Å². The maximum absolute atomic E-state index is 12.6. The van der Waals surface area contributed by atoms with Crippen molar-refractivity contribution in [3.8, 4) is 11.4 Å². The summed E-state index contributed by atoms with van der Waals surface area (Å²) in [6.07, 6.45) is 4.00. The summed E-state index contributed by atoms with van der Waals surface area (Å²) in [5.41, 5.74) is 5.32. The molecule has 0 aromatic carbocycles. The van der Waals surface area contributed by atoms with Gasteiger partial charge in [0.05, 0.1) is 0 Å². The first-order valence-electron chi connectivity index (χ1n) is 8.68. The Morgan fingerprint density at radius 1 is 1.38 bits per heavy atom. The number of pyridine rings is 1. The fourth-order valence-electron chi connectivity index (χ4n) is 3.40. The van der Waals surface area contributed by atoms with Crippen molar-refractivity contribution in [1.29, 1.82) is 0 Å². The van der Waals surface area contributed by atoms with E-state index >= 15 is 0 Å². The second-order valence-electron chi connectivity index (χ2n) is 6.56. The molecule has 26 heavy (non-hydrogen) atoms. The number of fused-ring (bicyclic) bond motifs is 1. The number of amides is 1. The maximum atomic E-state index is 12.6. The molecule has 0 N–H and O–H groups in total. The molecule has 4 heterocycles. The molecule has 0 saturated carbocycles. The van der Waals surface area contributed by atoms with E-state index in [0.29, 0.717) is 31.2 Å². The minimum Gasteiger partial charge on any atom is -0.339 e. The fraction of sp³-hybridized carbons (Fsp3) is 0.368. The maximum Gasteiger partial charge on any atom is 0.223 e. The third kappa shape index (κ3) is 3.26. The van der Waals surface area contributed by atoms with Crippen LogP contribution in [0, 0.1) is 13.8 Å². The highest BCUT2D eigenvalue weighted by Gasteiger charge is 2.26. The van der Waals surface area contributed by atoms with Crippen molar-refractivity contribution in [3.63, 3.8) is 0 Å². The van der Waals surface area contributed by atoms with Crippen LogP contribution in [-0.2, 0) is 24.2 Å². The van der Waals surface area contributed by atoms with Crippen molar-refractivity contribution in [1.82, 2.24) is 20.0 Å². The van der Waals surface area contributed by atoms with E-state index in [4.69, 9.17) is 4.52 Å². The molecule has 1 aliphatic heterocycles. The summed E-state index contributed by atoms with van der Waals surface area (Å²) in [5, 5.41) is 8.21. The van der Waals surface area contributed by atoms with Crippen molar-refractivity contribution < 1.29 is 9.32 Å². The van der Waals surface area contributed by atoms with E-state index in [9.17, 15) is 4.79 Å². The van der Waals surface area contributed by atoms with Crippen molar-refractivity contribution in [2.45, 2.75) is 39.7 Å². The molecule has 0 fully saturated rings. The lowest BCUT2D eigenvalue weighted by atomic mass is 9.94. The Hall–Kier alpha value is -2.54. The van der Waals surface area contributed by atoms with Gasteiger partial charge < -0.3 is 9.42 Å². The average Bonchev–Trinajstić information content (AvgIpc) is 3.31. The highest BCUT2D eigenvalue weighted by atomic mass is 32.1. The van der Waals surface area contributed by atoms with Gasteiger partial charge in [-0.1, -0.05) is 5.16 Å². The van der Waals surface area contributed by atoms with Crippen LogP contribution in [0.25, 0.3) is 11.4 Å². The van der Waals surface area contributed by atoms with Crippen molar-refractivity contribution in [2.75, 3.05) is 6.54 Å². The Balaban J connectivity index is 1.53. The number of aryl methyl sites for hydroxylation is 3.